The van der Waals surface area contributed by atoms with Gasteiger partial charge in [0.2, 0.25) is 11.9 Å². The number of hydrogen-bond acceptors (Lipinski definition) is 5. The molecule has 6 heteroatoms. The van der Waals surface area contributed by atoms with Gasteiger partial charge in [0.15, 0.2) is 0 Å². The molecule has 4 rings (SSSR count). The Bertz CT molecular complexity index is 609. The molecule has 0 atom stereocenters. The minimum absolute atomic E-state index is 0.309. The molecule has 2 fully saturated rings. The number of anilines is 1. The van der Waals surface area contributed by atoms with Gasteiger partial charge in [0, 0.05) is 32.3 Å². The third kappa shape index (κ3) is 3.94. The van der Waals surface area contributed by atoms with Gasteiger partial charge < -0.3 is 14.5 Å². The standard InChI is InChI=1S/C19H28N4O2/c24-18(12-15-4-2-1-3-5-15)23-7-6-16-13-20-19(21-17(16)14-23)22-8-10-25-11-9-22/h13,15H,1-12,14H2. The van der Waals surface area contributed by atoms with Gasteiger partial charge in [0.25, 0.3) is 0 Å². The van der Waals surface area contributed by atoms with Gasteiger partial charge in [-0.25, -0.2) is 9.97 Å². The molecule has 6 nitrogen and oxygen atoms in total. The highest BCUT2D eigenvalue weighted by atomic mass is 16.5. The minimum Gasteiger partial charge on any atom is -0.378 e. The van der Waals surface area contributed by atoms with E-state index >= 15 is 0 Å². The first kappa shape index (κ1) is 16.8. The quantitative estimate of drug-likeness (QED) is 0.841. The molecule has 0 N–H and O–H groups in total. The van der Waals surface area contributed by atoms with Crippen molar-refractivity contribution < 1.29 is 9.53 Å². The van der Waals surface area contributed by atoms with Gasteiger partial charge in [-0.2, -0.15) is 0 Å². The van der Waals surface area contributed by atoms with Crippen LogP contribution in [0, 0.1) is 5.92 Å². The molecule has 3 heterocycles. The van der Waals surface area contributed by atoms with E-state index in [9.17, 15) is 4.79 Å². The molecule has 0 aromatic carbocycles. The van der Waals surface area contributed by atoms with Crippen LogP contribution in [0.15, 0.2) is 6.20 Å². The van der Waals surface area contributed by atoms with E-state index in [1.807, 2.05) is 11.1 Å². The molecule has 1 saturated carbocycles. The molecule has 25 heavy (non-hydrogen) atoms. The summed E-state index contributed by atoms with van der Waals surface area (Å²) in [7, 11) is 0. The average Bonchev–Trinajstić information content (AvgIpc) is 2.68. The smallest absolute Gasteiger partial charge is 0.225 e. The summed E-state index contributed by atoms with van der Waals surface area (Å²) in [6.45, 7) is 4.57. The second-order valence-corrected chi connectivity index (χ2v) is 7.51. The van der Waals surface area contributed by atoms with Crippen molar-refractivity contribution in [1.29, 1.82) is 0 Å². The number of amides is 1. The van der Waals surface area contributed by atoms with Crippen LogP contribution in [-0.4, -0.2) is 53.6 Å². The summed E-state index contributed by atoms with van der Waals surface area (Å²) < 4.78 is 5.40. The van der Waals surface area contributed by atoms with Gasteiger partial charge >= 0.3 is 0 Å². The molecule has 0 unspecified atom stereocenters. The van der Waals surface area contributed by atoms with Crippen LogP contribution >= 0.6 is 0 Å². The SMILES string of the molecule is O=C(CC1CCCCC1)N1CCc2cnc(N3CCOCC3)nc2C1. The lowest BCUT2D eigenvalue weighted by atomic mass is 9.86. The molecule has 1 aromatic heterocycles. The van der Waals surface area contributed by atoms with Crippen LogP contribution in [0.1, 0.15) is 49.8 Å². The van der Waals surface area contributed by atoms with Crippen LogP contribution in [-0.2, 0) is 22.5 Å². The second-order valence-electron chi connectivity index (χ2n) is 7.51. The number of carbonyl (C=O) groups excluding carboxylic acids is 1. The van der Waals surface area contributed by atoms with Gasteiger partial charge in [-0.05, 0) is 30.7 Å². The summed E-state index contributed by atoms with van der Waals surface area (Å²) in [5, 5.41) is 0. The molecule has 0 bridgehead atoms. The predicted molar refractivity (Wildman–Crippen MR) is 95.4 cm³/mol. The molecule has 1 saturated heterocycles. The van der Waals surface area contributed by atoms with Crippen LogP contribution in [0.2, 0.25) is 0 Å². The van der Waals surface area contributed by atoms with Crippen LogP contribution in [0.5, 0.6) is 0 Å². The lowest BCUT2D eigenvalue weighted by Crippen LogP contribution is -2.39. The summed E-state index contributed by atoms with van der Waals surface area (Å²) in [5.74, 6) is 1.68. The zero-order valence-electron chi connectivity index (χ0n) is 15.0. The average molecular weight is 344 g/mol. The first-order chi connectivity index (χ1) is 12.3. The summed E-state index contributed by atoms with van der Waals surface area (Å²) in [4.78, 5) is 26.2. The van der Waals surface area contributed by atoms with Gasteiger partial charge in [-0.1, -0.05) is 19.3 Å². The maximum atomic E-state index is 12.7. The van der Waals surface area contributed by atoms with Gasteiger partial charge in [-0.3, -0.25) is 4.79 Å². The first-order valence-corrected chi connectivity index (χ1v) is 9.75. The third-order valence-electron chi connectivity index (χ3n) is 5.77. The molecule has 1 aliphatic carbocycles. The van der Waals surface area contributed by atoms with Crippen molar-refractivity contribution in [3.63, 3.8) is 0 Å². The third-order valence-corrected chi connectivity index (χ3v) is 5.77. The number of nitrogens with zero attached hydrogens (tertiary/aromatic N) is 4. The number of hydrogen-bond donors (Lipinski definition) is 0. The summed E-state index contributed by atoms with van der Waals surface area (Å²) in [5.41, 5.74) is 2.22. The van der Waals surface area contributed by atoms with Crippen LogP contribution < -0.4 is 4.90 Å². The fraction of sp³-hybridized carbons (Fsp3) is 0.737. The second kappa shape index (κ2) is 7.68. The highest BCUT2D eigenvalue weighted by molar-refractivity contribution is 5.76. The Labute approximate surface area is 149 Å². The number of aromatic nitrogens is 2. The zero-order valence-corrected chi connectivity index (χ0v) is 15.0. The Morgan fingerprint density at radius 1 is 1.16 bits per heavy atom. The molecule has 1 amide bonds. The predicted octanol–water partition coefficient (Wildman–Crippen LogP) is 2.17. The Kier molecular flexibility index (Phi) is 5.15. The molecule has 2 aliphatic heterocycles. The lowest BCUT2D eigenvalue weighted by Gasteiger charge is -2.32. The molecule has 3 aliphatic rings. The number of ether oxygens (including phenoxy) is 1. The Morgan fingerprint density at radius 3 is 2.76 bits per heavy atom. The molecule has 0 radical (unpaired) electrons. The van der Waals surface area contributed by atoms with Crippen molar-refractivity contribution in [3.05, 3.63) is 17.5 Å². The van der Waals surface area contributed by atoms with Crippen molar-refractivity contribution in [2.75, 3.05) is 37.7 Å². The van der Waals surface area contributed by atoms with E-state index in [4.69, 9.17) is 9.72 Å². The maximum Gasteiger partial charge on any atom is 0.225 e. The van der Waals surface area contributed by atoms with E-state index in [2.05, 4.69) is 9.88 Å². The number of carbonyl (C=O) groups is 1. The Hall–Kier alpha value is -1.69. The van der Waals surface area contributed by atoms with Crippen molar-refractivity contribution >= 4 is 11.9 Å². The molecule has 0 spiro atoms. The van der Waals surface area contributed by atoms with Crippen LogP contribution in [0.3, 0.4) is 0 Å². The number of morpholine rings is 1. The zero-order chi connectivity index (χ0) is 17.1. The summed E-state index contributed by atoms with van der Waals surface area (Å²) in [6.07, 6.45) is 9.90. The molecular weight excluding hydrogens is 316 g/mol. The molecule has 1 aromatic rings. The highest BCUT2D eigenvalue weighted by Crippen LogP contribution is 2.28. The highest BCUT2D eigenvalue weighted by Gasteiger charge is 2.26. The van der Waals surface area contributed by atoms with E-state index < -0.39 is 0 Å². The van der Waals surface area contributed by atoms with E-state index in [0.29, 0.717) is 18.4 Å². The van der Waals surface area contributed by atoms with Gasteiger partial charge in [0.05, 0.1) is 25.5 Å². The summed E-state index contributed by atoms with van der Waals surface area (Å²) >= 11 is 0. The fourth-order valence-electron chi connectivity index (χ4n) is 4.19. The monoisotopic (exact) mass is 344 g/mol. The topological polar surface area (TPSA) is 58.6 Å². The normalized spacial score (nSPS) is 21.9. The molecular formula is C19H28N4O2. The number of fused-ring (bicyclic) bond motifs is 1. The lowest BCUT2D eigenvalue weighted by molar-refractivity contribution is -0.133. The molecule has 136 valence electrons. The van der Waals surface area contributed by atoms with Crippen LogP contribution in [0.4, 0.5) is 5.95 Å². The maximum absolute atomic E-state index is 12.7. The van der Waals surface area contributed by atoms with Crippen molar-refractivity contribution in [2.24, 2.45) is 5.92 Å². The van der Waals surface area contributed by atoms with Gasteiger partial charge in [0.1, 0.15) is 0 Å². The Balaban J connectivity index is 1.41. The van der Waals surface area contributed by atoms with E-state index in [1.165, 1.54) is 37.7 Å². The van der Waals surface area contributed by atoms with E-state index in [-0.39, 0.29) is 0 Å². The van der Waals surface area contributed by atoms with E-state index in [1.54, 1.807) is 0 Å². The number of rotatable bonds is 3. The minimum atomic E-state index is 0.309. The van der Waals surface area contributed by atoms with Crippen molar-refractivity contribution in [1.82, 2.24) is 14.9 Å². The van der Waals surface area contributed by atoms with E-state index in [0.717, 1.165) is 57.3 Å². The Morgan fingerprint density at radius 2 is 1.96 bits per heavy atom. The van der Waals surface area contributed by atoms with Crippen LogP contribution in [0.25, 0.3) is 0 Å². The van der Waals surface area contributed by atoms with Gasteiger partial charge in [-0.15, -0.1) is 0 Å². The van der Waals surface area contributed by atoms with Crippen molar-refractivity contribution in [2.45, 2.75) is 51.5 Å². The largest absolute Gasteiger partial charge is 0.378 e. The first-order valence-electron chi connectivity index (χ1n) is 9.75. The fourth-order valence-corrected chi connectivity index (χ4v) is 4.19. The summed E-state index contributed by atoms with van der Waals surface area (Å²) in [6, 6.07) is 0. The van der Waals surface area contributed by atoms with Crippen molar-refractivity contribution in [3.8, 4) is 0 Å².